The number of carbonyl (C=O) groups excluding carboxylic acids is 1. The molecule has 0 aliphatic carbocycles. The highest BCUT2D eigenvalue weighted by Crippen LogP contribution is 2.22. The van der Waals surface area contributed by atoms with E-state index in [1.165, 1.54) is 0 Å². The van der Waals surface area contributed by atoms with Gasteiger partial charge in [-0.15, -0.1) is 5.10 Å². The predicted molar refractivity (Wildman–Crippen MR) is 66.1 cm³/mol. The third-order valence-corrected chi connectivity index (χ3v) is 3.20. The van der Waals surface area contributed by atoms with Crippen LogP contribution in [0.3, 0.4) is 0 Å². The van der Waals surface area contributed by atoms with E-state index in [0.717, 1.165) is 0 Å². The van der Waals surface area contributed by atoms with Gasteiger partial charge in [-0.25, -0.2) is 4.68 Å². The van der Waals surface area contributed by atoms with E-state index in [-0.39, 0.29) is 11.9 Å². The van der Waals surface area contributed by atoms with Crippen molar-refractivity contribution in [1.29, 1.82) is 5.26 Å². The molecule has 1 aromatic carbocycles. The summed E-state index contributed by atoms with van der Waals surface area (Å²) in [6.07, 6.45) is 3.42. The van der Waals surface area contributed by atoms with Crippen LogP contribution in [0.15, 0.2) is 36.7 Å². The Hall–Kier alpha value is -2.68. The molecule has 0 bridgehead atoms. The molecule has 3 rings (SSSR count). The molecule has 0 spiro atoms. The number of hydrogen-bond donors (Lipinski definition) is 0. The van der Waals surface area contributed by atoms with Crippen LogP contribution in [0.25, 0.3) is 0 Å². The first-order chi connectivity index (χ1) is 9.28. The van der Waals surface area contributed by atoms with E-state index in [0.29, 0.717) is 24.2 Å². The van der Waals surface area contributed by atoms with E-state index in [1.54, 1.807) is 46.2 Å². The molecule has 1 aliphatic heterocycles. The molecule has 0 unspecified atom stereocenters. The van der Waals surface area contributed by atoms with Crippen molar-refractivity contribution in [3.05, 3.63) is 47.8 Å². The predicted octanol–water partition coefficient (Wildman–Crippen LogP) is 0.847. The third kappa shape index (κ3) is 2.06. The SMILES string of the molecule is N#Cc1cccc(C(=O)N2CC(n3ccnn3)C2)c1. The first-order valence-electron chi connectivity index (χ1n) is 5.93. The Kier molecular flexibility index (Phi) is 2.72. The van der Waals surface area contributed by atoms with Crippen molar-refractivity contribution in [2.45, 2.75) is 6.04 Å². The summed E-state index contributed by atoms with van der Waals surface area (Å²) in [6.45, 7) is 1.25. The third-order valence-electron chi connectivity index (χ3n) is 3.20. The van der Waals surface area contributed by atoms with Gasteiger partial charge in [0.05, 0.1) is 23.9 Å². The van der Waals surface area contributed by atoms with Crippen molar-refractivity contribution < 1.29 is 4.79 Å². The maximum Gasteiger partial charge on any atom is 0.254 e. The van der Waals surface area contributed by atoms with Gasteiger partial charge in [0.25, 0.3) is 5.91 Å². The molecule has 0 radical (unpaired) electrons. The zero-order valence-corrected chi connectivity index (χ0v) is 10.1. The van der Waals surface area contributed by atoms with Crippen molar-refractivity contribution in [3.63, 3.8) is 0 Å². The van der Waals surface area contributed by atoms with E-state index in [4.69, 9.17) is 5.26 Å². The van der Waals surface area contributed by atoms with Crippen LogP contribution in [-0.4, -0.2) is 38.9 Å². The molecule has 0 N–H and O–H groups in total. The van der Waals surface area contributed by atoms with Gasteiger partial charge in [0.2, 0.25) is 0 Å². The Balaban J connectivity index is 1.68. The van der Waals surface area contributed by atoms with Gasteiger partial charge < -0.3 is 4.90 Å². The van der Waals surface area contributed by atoms with Gasteiger partial charge in [0.1, 0.15) is 0 Å². The number of likely N-dealkylation sites (tertiary alicyclic amines) is 1. The number of aromatic nitrogens is 3. The lowest BCUT2D eigenvalue weighted by molar-refractivity contribution is 0.0498. The van der Waals surface area contributed by atoms with Crippen LogP contribution >= 0.6 is 0 Å². The molecule has 6 nitrogen and oxygen atoms in total. The van der Waals surface area contributed by atoms with Crippen molar-refractivity contribution in [1.82, 2.24) is 19.9 Å². The minimum absolute atomic E-state index is 0.0477. The van der Waals surface area contributed by atoms with E-state index in [1.807, 2.05) is 6.07 Å². The highest BCUT2D eigenvalue weighted by molar-refractivity contribution is 5.95. The molecule has 1 aromatic heterocycles. The van der Waals surface area contributed by atoms with E-state index in [2.05, 4.69) is 10.3 Å². The summed E-state index contributed by atoms with van der Waals surface area (Å²) in [5.74, 6) is -0.0477. The Morgan fingerprint density at radius 3 is 2.95 bits per heavy atom. The number of nitrogens with zero attached hydrogens (tertiary/aromatic N) is 5. The lowest BCUT2D eigenvalue weighted by Crippen LogP contribution is -2.50. The van der Waals surface area contributed by atoms with Crippen LogP contribution in [0.4, 0.5) is 0 Å². The number of carbonyl (C=O) groups is 1. The van der Waals surface area contributed by atoms with Crippen molar-refractivity contribution >= 4 is 5.91 Å². The quantitative estimate of drug-likeness (QED) is 0.795. The van der Waals surface area contributed by atoms with Crippen LogP contribution < -0.4 is 0 Å². The fourth-order valence-electron chi connectivity index (χ4n) is 2.10. The summed E-state index contributed by atoms with van der Waals surface area (Å²) >= 11 is 0. The van der Waals surface area contributed by atoms with Crippen molar-refractivity contribution in [2.75, 3.05) is 13.1 Å². The summed E-state index contributed by atoms with van der Waals surface area (Å²) in [7, 11) is 0. The first-order valence-corrected chi connectivity index (χ1v) is 5.93. The van der Waals surface area contributed by atoms with Crippen LogP contribution in [0.5, 0.6) is 0 Å². The zero-order chi connectivity index (χ0) is 13.2. The maximum absolute atomic E-state index is 12.2. The second-order valence-electron chi connectivity index (χ2n) is 4.44. The van der Waals surface area contributed by atoms with Gasteiger partial charge in [-0.05, 0) is 18.2 Å². The molecule has 0 saturated carbocycles. The minimum Gasteiger partial charge on any atom is -0.334 e. The molecule has 2 aromatic rings. The highest BCUT2D eigenvalue weighted by atomic mass is 16.2. The molecule has 1 amide bonds. The topological polar surface area (TPSA) is 74.8 Å². The highest BCUT2D eigenvalue weighted by Gasteiger charge is 2.32. The van der Waals surface area contributed by atoms with Gasteiger partial charge in [-0.1, -0.05) is 11.3 Å². The molecular weight excluding hydrogens is 242 g/mol. The summed E-state index contributed by atoms with van der Waals surface area (Å²) in [4.78, 5) is 13.9. The second-order valence-corrected chi connectivity index (χ2v) is 4.44. The first kappa shape index (κ1) is 11.4. The molecule has 19 heavy (non-hydrogen) atoms. The molecule has 1 saturated heterocycles. The number of nitriles is 1. The fraction of sp³-hybridized carbons (Fsp3) is 0.231. The van der Waals surface area contributed by atoms with Crippen LogP contribution in [0.2, 0.25) is 0 Å². The van der Waals surface area contributed by atoms with Gasteiger partial charge in [0.15, 0.2) is 0 Å². The zero-order valence-electron chi connectivity index (χ0n) is 10.1. The van der Waals surface area contributed by atoms with Crippen LogP contribution in [-0.2, 0) is 0 Å². The Morgan fingerprint density at radius 1 is 1.42 bits per heavy atom. The van der Waals surface area contributed by atoms with E-state index in [9.17, 15) is 4.79 Å². The Labute approximate surface area is 109 Å². The lowest BCUT2D eigenvalue weighted by atomic mass is 10.1. The average molecular weight is 253 g/mol. The maximum atomic E-state index is 12.2. The number of hydrogen-bond acceptors (Lipinski definition) is 4. The Morgan fingerprint density at radius 2 is 2.26 bits per heavy atom. The minimum atomic E-state index is -0.0477. The van der Waals surface area contributed by atoms with Crippen LogP contribution in [0.1, 0.15) is 22.0 Å². The molecule has 0 atom stereocenters. The summed E-state index contributed by atoms with van der Waals surface area (Å²) in [5, 5.41) is 16.5. The van der Waals surface area contributed by atoms with Gasteiger partial charge >= 0.3 is 0 Å². The van der Waals surface area contributed by atoms with E-state index >= 15 is 0 Å². The lowest BCUT2D eigenvalue weighted by Gasteiger charge is -2.38. The standard InChI is InChI=1S/C13H11N5O/c14-7-10-2-1-3-11(6-10)13(19)17-8-12(9-17)18-5-4-15-16-18/h1-6,12H,8-9H2. The van der Waals surface area contributed by atoms with Crippen LogP contribution in [0, 0.1) is 11.3 Å². The summed E-state index contributed by atoms with van der Waals surface area (Å²) < 4.78 is 1.76. The monoisotopic (exact) mass is 253 g/mol. The summed E-state index contributed by atoms with van der Waals surface area (Å²) in [6, 6.07) is 8.99. The number of benzene rings is 1. The largest absolute Gasteiger partial charge is 0.334 e. The summed E-state index contributed by atoms with van der Waals surface area (Å²) in [5.41, 5.74) is 1.05. The molecular formula is C13H11N5O. The molecule has 94 valence electrons. The average Bonchev–Trinajstić information content (AvgIpc) is 2.91. The molecule has 6 heteroatoms. The van der Waals surface area contributed by atoms with E-state index < -0.39 is 0 Å². The Bertz CT molecular complexity index is 637. The molecule has 2 heterocycles. The smallest absolute Gasteiger partial charge is 0.254 e. The van der Waals surface area contributed by atoms with Gasteiger partial charge in [0, 0.05) is 24.8 Å². The number of amides is 1. The molecule has 1 fully saturated rings. The van der Waals surface area contributed by atoms with Gasteiger partial charge in [-0.3, -0.25) is 4.79 Å². The van der Waals surface area contributed by atoms with Crippen molar-refractivity contribution in [2.24, 2.45) is 0 Å². The number of rotatable bonds is 2. The normalized spacial score (nSPS) is 14.8. The fourth-order valence-corrected chi connectivity index (χ4v) is 2.10. The van der Waals surface area contributed by atoms with Crippen molar-refractivity contribution in [3.8, 4) is 6.07 Å². The second kappa shape index (κ2) is 4.53. The van der Waals surface area contributed by atoms with Gasteiger partial charge in [-0.2, -0.15) is 5.26 Å². The molecule has 1 aliphatic rings.